The summed E-state index contributed by atoms with van der Waals surface area (Å²) in [6, 6.07) is 0.486. The zero-order valence-corrected chi connectivity index (χ0v) is 9.90. The van der Waals surface area contributed by atoms with Crippen LogP contribution in [0.4, 0.5) is 0 Å². The monoisotopic (exact) mass is 207 g/mol. The highest BCUT2D eigenvalue weighted by atomic mass is 15.1. The van der Waals surface area contributed by atoms with Crippen LogP contribution in [0.5, 0.6) is 0 Å². The van der Waals surface area contributed by atoms with Crippen LogP contribution in [0.3, 0.4) is 0 Å². The topological polar surface area (TPSA) is 29.9 Å². The fraction of sp³-hybridized carbons (Fsp3) is 0.583. The number of rotatable bonds is 6. The molecule has 0 aliphatic carbocycles. The first-order valence-electron chi connectivity index (χ1n) is 5.45. The Morgan fingerprint density at radius 3 is 2.87 bits per heavy atom. The fourth-order valence-electron chi connectivity index (χ4n) is 1.49. The molecule has 1 heterocycles. The van der Waals surface area contributed by atoms with Gasteiger partial charge in [-0.05, 0) is 19.3 Å². The number of aromatic nitrogens is 2. The van der Waals surface area contributed by atoms with Crippen LogP contribution >= 0.6 is 0 Å². The minimum Gasteiger partial charge on any atom is -0.337 e. The zero-order valence-electron chi connectivity index (χ0n) is 9.90. The van der Waals surface area contributed by atoms with Gasteiger partial charge in [0, 0.05) is 25.5 Å². The van der Waals surface area contributed by atoms with Gasteiger partial charge in [-0.15, -0.1) is 6.58 Å². The second kappa shape index (κ2) is 5.71. The Morgan fingerprint density at radius 1 is 1.60 bits per heavy atom. The van der Waals surface area contributed by atoms with Gasteiger partial charge in [-0.25, -0.2) is 4.98 Å². The Labute approximate surface area is 92.2 Å². The second-order valence-electron chi connectivity index (χ2n) is 4.13. The molecule has 0 aromatic carbocycles. The van der Waals surface area contributed by atoms with Crippen LogP contribution in [0.25, 0.3) is 0 Å². The van der Waals surface area contributed by atoms with Crippen molar-refractivity contribution in [3.05, 3.63) is 30.9 Å². The summed E-state index contributed by atoms with van der Waals surface area (Å²) in [7, 11) is 2.02. The molecule has 0 bridgehead atoms. The maximum atomic E-state index is 4.27. The van der Waals surface area contributed by atoms with Crippen molar-refractivity contribution in [2.24, 2.45) is 13.0 Å². The summed E-state index contributed by atoms with van der Waals surface area (Å²) in [4.78, 5) is 4.27. The highest BCUT2D eigenvalue weighted by molar-refractivity contribution is 4.91. The molecule has 2 unspecified atom stereocenters. The molecule has 15 heavy (non-hydrogen) atoms. The summed E-state index contributed by atoms with van der Waals surface area (Å²) < 4.78 is 2.04. The molecule has 0 fully saturated rings. The van der Waals surface area contributed by atoms with Gasteiger partial charge in [-0.1, -0.05) is 13.0 Å². The SMILES string of the molecule is C=CCC(C)C(C)NCc1nccn1C. The quantitative estimate of drug-likeness (QED) is 0.724. The minimum absolute atomic E-state index is 0.486. The van der Waals surface area contributed by atoms with Crippen molar-refractivity contribution in [1.29, 1.82) is 0 Å². The van der Waals surface area contributed by atoms with Crippen molar-refractivity contribution in [3.8, 4) is 0 Å². The summed E-state index contributed by atoms with van der Waals surface area (Å²) >= 11 is 0. The molecule has 84 valence electrons. The maximum absolute atomic E-state index is 4.27. The number of hydrogen-bond acceptors (Lipinski definition) is 2. The molecule has 3 nitrogen and oxygen atoms in total. The van der Waals surface area contributed by atoms with Crippen LogP contribution < -0.4 is 5.32 Å². The molecular weight excluding hydrogens is 186 g/mol. The molecular formula is C12H21N3. The first-order chi connectivity index (χ1) is 7.15. The van der Waals surface area contributed by atoms with Gasteiger partial charge in [-0.2, -0.15) is 0 Å². The lowest BCUT2D eigenvalue weighted by atomic mass is 10.00. The third-order valence-corrected chi connectivity index (χ3v) is 2.90. The molecule has 3 heteroatoms. The van der Waals surface area contributed by atoms with Gasteiger partial charge in [0.2, 0.25) is 0 Å². The van der Waals surface area contributed by atoms with Crippen LogP contribution in [0.1, 0.15) is 26.1 Å². The van der Waals surface area contributed by atoms with E-state index in [-0.39, 0.29) is 0 Å². The lowest BCUT2D eigenvalue weighted by Gasteiger charge is -2.19. The van der Waals surface area contributed by atoms with E-state index in [9.17, 15) is 0 Å². The summed E-state index contributed by atoms with van der Waals surface area (Å²) in [5, 5.41) is 3.48. The molecule has 0 saturated heterocycles. The van der Waals surface area contributed by atoms with Crippen LogP contribution in [-0.2, 0) is 13.6 Å². The summed E-state index contributed by atoms with van der Waals surface area (Å²) in [5.41, 5.74) is 0. The summed E-state index contributed by atoms with van der Waals surface area (Å²) in [6.07, 6.45) is 6.82. The van der Waals surface area contributed by atoms with E-state index in [0.29, 0.717) is 12.0 Å². The van der Waals surface area contributed by atoms with E-state index in [1.807, 2.05) is 30.1 Å². The largest absolute Gasteiger partial charge is 0.337 e. The van der Waals surface area contributed by atoms with Crippen molar-refractivity contribution >= 4 is 0 Å². The van der Waals surface area contributed by atoms with Crippen molar-refractivity contribution in [2.75, 3.05) is 0 Å². The van der Waals surface area contributed by atoms with Crippen molar-refractivity contribution in [2.45, 2.75) is 32.9 Å². The van der Waals surface area contributed by atoms with Gasteiger partial charge in [-0.3, -0.25) is 0 Å². The molecule has 0 amide bonds. The molecule has 1 rings (SSSR count). The Bertz CT molecular complexity index is 304. The van der Waals surface area contributed by atoms with E-state index in [0.717, 1.165) is 18.8 Å². The Morgan fingerprint density at radius 2 is 2.33 bits per heavy atom. The molecule has 0 radical (unpaired) electrons. The fourth-order valence-corrected chi connectivity index (χ4v) is 1.49. The highest BCUT2D eigenvalue weighted by Gasteiger charge is 2.10. The molecule has 0 aliphatic rings. The number of hydrogen-bond donors (Lipinski definition) is 1. The molecule has 0 aliphatic heterocycles. The van der Waals surface area contributed by atoms with Crippen molar-refractivity contribution in [1.82, 2.24) is 14.9 Å². The molecule has 1 N–H and O–H groups in total. The standard InChI is InChI=1S/C12H21N3/c1-5-6-10(2)11(3)14-9-12-13-7-8-15(12)4/h5,7-8,10-11,14H,1,6,9H2,2-4H3. The van der Waals surface area contributed by atoms with Gasteiger partial charge < -0.3 is 9.88 Å². The lowest BCUT2D eigenvalue weighted by Crippen LogP contribution is -2.32. The van der Waals surface area contributed by atoms with E-state index in [2.05, 4.69) is 30.7 Å². The molecule has 1 aromatic heterocycles. The zero-order chi connectivity index (χ0) is 11.3. The van der Waals surface area contributed by atoms with Crippen molar-refractivity contribution in [3.63, 3.8) is 0 Å². The summed E-state index contributed by atoms with van der Waals surface area (Å²) in [5.74, 6) is 1.69. The third-order valence-electron chi connectivity index (χ3n) is 2.90. The molecule has 2 atom stereocenters. The number of aryl methyl sites for hydroxylation is 1. The Balaban J connectivity index is 2.37. The van der Waals surface area contributed by atoms with Crippen LogP contribution in [-0.4, -0.2) is 15.6 Å². The van der Waals surface area contributed by atoms with E-state index >= 15 is 0 Å². The Hall–Kier alpha value is -1.09. The van der Waals surface area contributed by atoms with E-state index in [1.54, 1.807) is 0 Å². The predicted molar refractivity (Wildman–Crippen MR) is 63.5 cm³/mol. The van der Waals surface area contributed by atoms with Crippen LogP contribution in [0, 0.1) is 5.92 Å². The number of nitrogens with one attached hydrogen (secondary N) is 1. The molecule has 1 aromatic rings. The van der Waals surface area contributed by atoms with Crippen LogP contribution in [0.15, 0.2) is 25.0 Å². The van der Waals surface area contributed by atoms with Gasteiger partial charge in [0.25, 0.3) is 0 Å². The van der Waals surface area contributed by atoms with Gasteiger partial charge in [0.05, 0.1) is 6.54 Å². The lowest BCUT2D eigenvalue weighted by molar-refractivity contribution is 0.396. The summed E-state index contributed by atoms with van der Waals surface area (Å²) in [6.45, 7) is 9.03. The van der Waals surface area contributed by atoms with E-state index < -0.39 is 0 Å². The van der Waals surface area contributed by atoms with Crippen LogP contribution in [0.2, 0.25) is 0 Å². The second-order valence-corrected chi connectivity index (χ2v) is 4.13. The first-order valence-corrected chi connectivity index (χ1v) is 5.45. The molecule has 0 spiro atoms. The smallest absolute Gasteiger partial charge is 0.122 e. The third kappa shape index (κ3) is 3.51. The van der Waals surface area contributed by atoms with E-state index in [4.69, 9.17) is 0 Å². The average Bonchev–Trinajstić information content (AvgIpc) is 2.61. The average molecular weight is 207 g/mol. The predicted octanol–water partition coefficient (Wildman–Crippen LogP) is 2.11. The van der Waals surface area contributed by atoms with Gasteiger partial charge >= 0.3 is 0 Å². The van der Waals surface area contributed by atoms with Gasteiger partial charge in [0.1, 0.15) is 5.82 Å². The maximum Gasteiger partial charge on any atom is 0.122 e. The minimum atomic E-state index is 0.486. The number of allylic oxidation sites excluding steroid dienone is 1. The van der Waals surface area contributed by atoms with E-state index in [1.165, 1.54) is 0 Å². The highest BCUT2D eigenvalue weighted by Crippen LogP contribution is 2.08. The van der Waals surface area contributed by atoms with Crippen molar-refractivity contribution < 1.29 is 0 Å². The number of imidazole rings is 1. The Kier molecular flexibility index (Phi) is 4.56. The molecule has 0 saturated carbocycles. The first kappa shape index (κ1) is 12.0. The normalized spacial score (nSPS) is 14.9. The number of nitrogens with zero attached hydrogens (tertiary/aromatic N) is 2. The van der Waals surface area contributed by atoms with Gasteiger partial charge in [0.15, 0.2) is 0 Å².